The van der Waals surface area contributed by atoms with Crippen LogP contribution in [0.4, 0.5) is 13.2 Å². The van der Waals surface area contributed by atoms with Gasteiger partial charge < -0.3 is 10.4 Å². The summed E-state index contributed by atoms with van der Waals surface area (Å²) in [5.74, 6) is -1.54. The maximum Gasteiger partial charge on any atom is 0.490 e. The van der Waals surface area contributed by atoms with E-state index >= 15 is 0 Å². The van der Waals surface area contributed by atoms with E-state index in [2.05, 4.69) is 48.3 Å². The number of hydrogen-bond donors (Lipinski definition) is 2. The monoisotopic (exact) mass is 414 g/mol. The number of carbonyl (C=O) groups is 2. The first-order valence-corrected chi connectivity index (χ1v) is 9.67. The zero-order chi connectivity index (χ0) is 22.1. The van der Waals surface area contributed by atoms with Crippen LogP contribution in [-0.2, 0) is 9.59 Å². The minimum Gasteiger partial charge on any atom is -0.475 e. The van der Waals surface area contributed by atoms with Crippen LogP contribution in [-0.4, -0.2) is 47.2 Å². The predicted molar refractivity (Wildman–Crippen MR) is 103 cm³/mol. The second kappa shape index (κ2) is 8.34. The van der Waals surface area contributed by atoms with E-state index in [0.717, 1.165) is 13.1 Å². The molecule has 1 heterocycles. The van der Waals surface area contributed by atoms with Crippen molar-refractivity contribution in [3.8, 4) is 0 Å². The molecule has 1 saturated heterocycles. The molecule has 0 aromatic heterocycles. The zero-order valence-corrected chi connectivity index (χ0v) is 17.4. The molecule has 0 spiro atoms. The lowest BCUT2D eigenvalue weighted by Gasteiger charge is -2.27. The molecule has 1 aliphatic carbocycles. The summed E-state index contributed by atoms with van der Waals surface area (Å²) < 4.78 is 31.7. The Morgan fingerprint density at radius 3 is 2.07 bits per heavy atom. The average Bonchev–Trinajstić information content (AvgIpc) is 3.13. The molecule has 0 saturated carbocycles. The summed E-state index contributed by atoms with van der Waals surface area (Å²) in [5, 5.41) is 10.5. The number of carboxylic acids is 1. The highest BCUT2D eigenvalue weighted by molar-refractivity contribution is 5.82. The SMILES string of the molecule is CC(C)N1C[C@@H]2[C@H](NC(=O)C(C)(C)C)c3ccccc3[C@@H]2C1.O=C(O)C(F)(F)F. The number of likely N-dealkylation sites (tertiary alicyclic amines) is 1. The number of nitrogens with zero attached hydrogens (tertiary/aromatic N) is 1. The fourth-order valence-corrected chi connectivity index (χ4v) is 3.85. The van der Waals surface area contributed by atoms with Crippen LogP contribution in [0, 0.1) is 11.3 Å². The molecule has 1 aromatic carbocycles. The third-order valence-electron chi connectivity index (χ3n) is 5.49. The van der Waals surface area contributed by atoms with Gasteiger partial charge in [0.15, 0.2) is 0 Å². The molecule has 1 amide bonds. The van der Waals surface area contributed by atoms with E-state index in [1.54, 1.807) is 0 Å². The highest BCUT2D eigenvalue weighted by Crippen LogP contribution is 2.49. The van der Waals surface area contributed by atoms with Gasteiger partial charge in [-0.2, -0.15) is 13.2 Å². The van der Waals surface area contributed by atoms with Crippen molar-refractivity contribution in [3.63, 3.8) is 0 Å². The van der Waals surface area contributed by atoms with Gasteiger partial charge in [0.05, 0.1) is 6.04 Å². The highest BCUT2D eigenvalue weighted by atomic mass is 19.4. The molecular weight excluding hydrogens is 385 g/mol. The lowest BCUT2D eigenvalue weighted by atomic mass is 9.91. The lowest BCUT2D eigenvalue weighted by molar-refractivity contribution is -0.192. The van der Waals surface area contributed by atoms with Crippen molar-refractivity contribution in [1.29, 1.82) is 0 Å². The first-order chi connectivity index (χ1) is 13.2. The van der Waals surface area contributed by atoms with Crippen molar-refractivity contribution < 1.29 is 27.9 Å². The number of hydrogen-bond acceptors (Lipinski definition) is 3. The Labute approximate surface area is 169 Å². The van der Waals surface area contributed by atoms with Gasteiger partial charge >= 0.3 is 12.1 Å². The first-order valence-electron chi connectivity index (χ1n) is 9.67. The molecular formula is C21H29F3N2O3. The van der Waals surface area contributed by atoms with Gasteiger partial charge in [-0.15, -0.1) is 0 Å². The van der Waals surface area contributed by atoms with Gasteiger partial charge in [0.25, 0.3) is 0 Å². The molecule has 0 radical (unpaired) electrons. The third-order valence-corrected chi connectivity index (χ3v) is 5.49. The molecule has 3 rings (SSSR count). The molecule has 162 valence electrons. The number of carboxylic acid groups (broad SMARTS) is 1. The number of fused-ring (bicyclic) bond motifs is 3. The molecule has 1 aromatic rings. The van der Waals surface area contributed by atoms with Crippen LogP contribution >= 0.6 is 0 Å². The van der Waals surface area contributed by atoms with E-state index in [1.165, 1.54) is 11.1 Å². The third kappa shape index (κ3) is 5.29. The molecule has 2 aliphatic rings. The summed E-state index contributed by atoms with van der Waals surface area (Å²) in [4.78, 5) is 23.9. The second-order valence-electron chi connectivity index (χ2n) is 8.95. The Morgan fingerprint density at radius 1 is 1.10 bits per heavy atom. The number of amides is 1. The van der Waals surface area contributed by atoms with E-state index in [0.29, 0.717) is 17.9 Å². The summed E-state index contributed by atoms with van der Waals surface area (Å²) >= 11 is 0. The summed E-state index contributed by atoms with van der Waals surface area (Å²) in [6.45, 7) is 12.7. The van der Waals surface area contributed by atoms with Crippen molar-refractivity contribution >= 4 is 11.9 Å². The van der Waals surface area contributed by atoms with Gasteiger partial charge in [-0.05, 0) is 25.0 Å². The Bertz CT molecular complexity index is 756. The van der Waals surface area contributed by atoms with Gasteiger partial charge in [0, 0.05) is 36.4 Å². The minimum absolute atomic E-state index is 0.149. The number of benzene rings is 1. The maximum absolute atomic E-state index is 12.5. The van der Waals surface area contributed by atoms with Gasteiger partial charge in [0.1, 0.15) is 0 Å². The smallest absolute Gasteiger partial charge is 0.475 e. The maximum atomic E-state index is 12.5. The molecule has 5 nitrogen and oxygen atoms in total. The Kier molecular flexibility index (Phi) is 6.67. The van der Waals surface area contributed by atoms with Crippen LogP contribution < -0.4 is 5.32 Å². The Morgan fingerprint density at radius 2 is 1.62 bits per heavy atom. The fourth-order valence-electron chi connectivity index (χ4n) is 3.85. The van der Waals surface area contributed by atoms with Gasteiger partial charge in [0.2, 0.25) is 5.91 Å². The average molecular weight is 414 g/mol. The summed E-state index contributed by atoms with van der Waals surface area (Å²) in [5.41, 5.74) is 2.43. The Hall–Kier alpha value is -2.09. The van der Waals surface area contributed by atoms with Crippen LogP contribution in [0.15, 0.2) is 24.3 Å². The van der Waals surface area contributed by atoms with Gasteiger partial charge in [-0.3, -0.25) is 9.69 Å². The highest BCUT2D eigenvalue weighted by Gasteiger charge is 2.47. The molecule has 3 atom stereocenters. The standard InChI is InChI=1S/C19H28N2O.C2HF3O2/c1-12(2)21-10-15-13-8-6-7-9-14(13)17(16(15)11-21)20-18(22)19(3,4)5;3-2(4,5)1(6)7/h6-9,12,15-17H,10-11H2,1-5H3,(H,20,22);(H,6,7)/t15-,16-,17+;/m0./s1. The van der Waals surface area contributed by atoms with Gasteiger partial charge in [-0.1, -0.05) is 45.0 Å². The second-order valence-corrected chi connectivity index (χ2v) is 8.95. The van der Waals surface area contributed by atoms with E-state index in [4.69, 9.17) is 9.90 Å². The zero-order valence-electron chi connectivity index (χ0n) is 17.4. The predicted octanol–water partition coefficient (Wildman–Crippen LogP) is 3.96. The quantitative estimate of drug-likeness (QED) is 0.769. The van der Waals surface area contributed by atoms with E-state index < -0.39 is 12.1 Å². The lowest BCUT2D eigenvalue weighted by Crippen LogP contribution is -2.40. The molecule has 0 unspecified atom stereocenters. The number of carbonyl (C=O) groups excluding carboxylic acids is 1. The van der Waals surface area contributed by atoms with Crippen molar-refractivity contribution in [2.75, 3.05) is 13.1 Å². The number of aliphatic carboxylic acids is 1. The number of alkyl halides is 3. The summed E-state index contributed by atoms with van der Waals surface area (Å²) in [7, 11) is 0. The van der Waals surface area contributed by atoms with E-state index in [-0.39, 0.29) is 17.4 Å². The van der Waals surface area contributed by atoms with Crippen molar-refractivity contribution in [1.82, 2.24) is 10.2 Å². The topological polar surface area (TPSA) is 69.6 Å². The number of rotatable bonds is 2. The number of nitrogens with one attached hydrogen (secondary N) is 1. The fraction of sp³-hybridized carbons (Fsp3) is 0.619. The molecule has 1 fully saturated rings. The largest absolute Gasteiger partial charge is 0.490 e. The van der Waals surface area contributed by atoms with Crippen molar-refractivity contribution in [2.45, 2.75) is 58.8 Å². The Balaban J connectivity index is 0.000000370. The molecule has 0 bridgehead atoms. The van der Waals surface area contributed by atoms with Crippen molar-refractivity contribution in [2.24, 2.45) is 11.3 Å². The molecule has 2 N–H and O–H groups in total. The van der Waals surface area contributed by atoms with Crippen LogP contribution in [0.25, 0.3) is 0 Å². The summed E-state index contributed by atoms with van der Waals surface area (Å²) in [6.07, 6.45) is -5.08. The van der Waals surface area contributed by atoms with Crippen LogP contribution in [0.2, 0.25) is 0 Å². The minimum atomic E-state index is -5.08. The van der Waals surface area contributed by atoms with Crippen molar-refractivity contribution in [3.05, 3.63) is 35.4 Å². The van der Waals surface area contributed by atoms with Crippen LogP contribution in [0.3, 0.4) is 0 Å². The number of halogens is 3. The molecule has 8 heteroatoms. The first kappa shape index (κ1) is 23.2. The van der Waals surface area contributed by atoms with Crippen LogP contribution in [0.5, 0.6) is 0 Å². The normalized spacial score (nSPS) is 23.8. The van der Waals surface area contributed by atoms with Gasteiger partial charge in [-0.25, -0.2) is 4.79 Å². The van der Waals surface area contributed by atoms with E-state index in [9.17, 15) is 18.0 Å². The van der Waals surface area contributed by atoms with E-state index in [1.807, 2.05) is 20.8 Å². The molecule has 29 heavy (non-hydrogen) atoms. The molecule has 1 aliphatic heterocycles. The van der Waals surface area contributed by atoms with Crippen LogP contribution in [0.1, 0.15) is 57.7 Å². The summed E-state index contributed by atoms with van der Waals surface area (Å²) in [6, 6.07) is 9.40.